The molecule has 112 valence electrons. The number of nitrogens with one attached hydrogen (secondary N) is 2. The van der Waals surface area contributed by atoms with Gasteiger partial charge in [0.2, 0.25) is 0 Å². The predicted molar refractivity (Wildman–Crippen MR) is 77.3 cm³/mol. The molecule has 3 N–H and O–H groups in total. The zero-order valence-corrected chi connectivity index (χ0v) is 12.4. The lowest BCUT2D eigenvalue weighted by atomic mass is 9.84. The van der Waals surface area contributed by atoms with Crippen LogP contribution in [0.5, 0.6) is 5.75 Å². The number of benzene rings is 1. The lowest BCUT2D eigenvalue weighted by molar-refractivity contribution is -0.129. The third-order valence-electron chi connectivity index (χ3n) is 3.98. The van der Waals surface area contributed by atoms with Gasteiger partial charge in [0, 0.05) is 12.1 Å². The molecule has 0 bridgehead atoms. The molecule has 8 heteroatoms. The molecule has 1 aromatic rings. The van der Waals surface area contributed by atoms with Gasteiger partial charge >= 0.3 is 6.03 Å². The normalized spacial score (nSPS) is 25.1. The second kappa shape index (κ2) is 5.27. The molecule has 2 aliphatic rings. The average molecular weight is 330 g/mol. The highest BCUT2D eigenvalue weighted by Crippen LogP contribution is 2.43. The number of fused-ring (bicyclic) bond motifs is 1. The smallest absolute Gasteiger partial charge is 0.336 e. The van der Waals surface area contributed by atoms with Crippen LogP contribution < -0.4 is 10.9 Å². The summed E-state index contributed by atoms with van der Waals surface area (Å²) in [5.41, 5.74) is 5.19. The molecule has 2 heterocycles. The number of hydrogen-bond donors (Lipinski definition) is 3. The lowest BCUT2D eigenvalue weighted by Crippen LogP contribution is -2.65. The van der Waals surface area contributed by atoms with Crippen molar-refractivity contribution in [3.8, 4) is 5.75 Å². The molecule has 2 aliphatic heterocycles. The Balaban J connectivity index is 1.91. The van der Waals surface area contributed by atoms with Crippen LogP contribution in [0.4, 0.5) is 4.79 Å². The molecule has 1 aromatic carbocycles. The molecule has 21 heavy (non-hydrogen) atoms. The van der Waals surface area contributed by atoms with E-state index in [9.17, 15) is 14.7 Å². The maximum Gasteiger partial charge on any atom is 0.336 e. The Morgan fingerprint density at radius 3 is 2.76 bits per heavy atom. The number of urea groups is 1. The van der Waals surface area contributed by atoms with E-state index in [1.165, 1.54) is 17.0 Å². The number of carbonyl (C=O) groups excluding carboxylic acids is 2. The van der Waals surface area contributed by atoms with Crippen molar-refractivity contribution in [2.45, 2.75) is 24.8 Å². The van der Waals surface area contributed by atoms with Crippen LogP contribution in [0.2, 0.25) is 10.0 Å². The second-order valence-corrected chi connectivity index (χ2v) is 5.93. The van der Waals surface area contributed by atoms with Crippen LogP contribution in [-0.2, 0) is 4.79 Å². The van der Waals surface area contributed by atoms with E-state index in [2.05, 4.69) is 10.9 Å². The predicted octanol–water partition coefficient (Wildman–Crippen LogP) is 2.00. The number of phenolic OH excluding ortho intramolecular Hbond substituents is 1. The first-order valence-electron chi connectivity index (χ1n) is 6.52. The molecule has 0 saturated carbocycles. The number of hydrazine groups is 1. The summed E-state index contributed by atoms with van der Waals surface area (Å²) in [7, 11) is 0. The van der Waals surface area contributed by atoms with Crippen LogP contribution in [0.1, 0.15) is 24.3 Å². The average Bonchev–Trinajstić information content (AvgIpc) is 2.47. The molecular weight excluding hydrogens is 317 g/mol. The van der Waals surface area contributed by atoms with E-state index in [0.717, 1.165) is 0 Å². The highest BCUT2D eigenvalue weighted by atomic mass is 35.5. The van der Waals surface area contributed by atoms with Gasteiger partial charge in [-0.3, -0.25) is 10.2 Å². The molecule has 0 aliphatic carbocycles. The van der Waals surface area contributed by atoms with Crippen molar-refractivity contribution in [1.82, 2.24) is 15.8 Å². The van der Waals surface area contributed by atoms with Gasteiger partial charge in [0.25, 0.3) is 5.91 Å². The maximum atomic E-state index is 11.9. The van der Waals surface area contributed by atoms with Gasteiger partial charge in [0.05, 0.1) is 10.0 Å². The number of phenols is 1. The highest BCUT2D eigenvalue weighted by molar-refractivity contribution is 6.42. The summed E-state index contributed by atoms with van der Waals surface area (Å²) >= 11 is 12.2. The highest BCUT2D eigenvalue weighted by Gasteiger charge is 2.41. The number of carbonyl (C=O) groups is 2. The first kappa shape index (κ1) is 14.3. The standard InChI is InChI=1S/C13H13Cl2N3O3/c14-7-1-2-9(19)10(11(7)15)6-3-4-18-8(5-6)12(20)16-17-13(18)21/h1-2,6,8,19H,3-5H2,(H,16,20)(H,17,21)/t6-,8+/m0/s1. The fourth-order valence-electron chi connectivity index (χ4n) is 2.93. The van der Waals surface area contributed by atoms with Crippen molar-refractivity contribution in [1.29, 1.82) is 0 Å². The fraction of sp³-hybridized carbons (Fsp3) is 0.385. The van der Waals surface area contributed by atoms with Crippen molar-refractivity contribution in [3.05, 3.63) is 27.7 Å². The summed E-state index contributed by atoms with van der Waals surface area (Å²) < 4.78 is 0. The topological polar surface area (TPSA) is 81.7 Å². The van der Waals surface area contributed by atoms with E-state index < -0.39 is 6.04 Å². The van der Waals surface area contributed by atoms with Crippen LogP contribution in [0, 0.1) is 0 Å². The molecule has 2 fully saturated rings. The third-order valence-corrected chi connectivity index (χ3v) is 4.80. The Kier molecular flexibility index (Phi) is 3.59. The Morgan fingerprint density at radius 2 is 2.00 bits per heavy atom. The zero-order chi connectivity index (χ0) is 15.1. The SMILES string of the molecule is O=C1NNC(=O)N2CC[C@H](c3c(O)ccc(Cl)c3Cl)C[C@H]12. The van der Waals surface area contributed by atoms with E-state index in [0.29, 0.717) is 35.0 Å². The van der Waals surface area contributed by atoms with Gasteiger partial charge in [0.1, 0.15) is 11.8 Å². The van der Waals surface area contributed by atoms with Gasteiger partial charge in [-0.15, -0.1) is 0 Å². The van der Waals surface area contributed by atoms with Crippen LogP contribution >= 0.6 is 23.2 Å². The summed E-state index contributed by atoms with van der Waals surface area (Å²) in [6, 6.07) is 2.13. The van der Waals surface area contributed by atoms with Crippen molar-refractivity contribution in [2.24, 2.45) is 0 Å². The number of rotatable bonds is 1. The molecule has 0 radical (unpaired) electrons. The largest absolute Gasteiger partial charge is 0.508 e. The van der Waals surface area contributed by atoms with Gasteiger partial charge in [0.15, 0.2) is 0 Å². The van der Waals surface area contributed by atoms with Gasteiger partial charge in [-0.1, -0.05) is 23.2 Å². The third kappa shape index (κ3) is 2.38. The molecular formula is C13H13Cl2N3O3. The summed E-state index contributed by atoms with van der Waals surface area (Å²) in [6.07, 6.45) is 0.998. The maximum absolute atomic E-state index is 11.9. The van der Waals surface area contributed by atoms with E-state index in [4.69, 9.17) is 23.2 Å². The number of hydrogen-bond acceptors (Lipinski definition) is 3. The van der Waals surface area contributed by atoms with E-state index in [1.54, 1.807) is 0 Å². The number of amides is 3. The van der Waals surface area contributed by atoms with Gasteiger partial charge < -0.3 is 10.0 Å². The van der Waals surface area contributed by atoms with E-state index in [1.807, 2.05) is 0 Å². The summed E-state index contributed by atoms with van der Waals surface area (Å²) in [5.74, 6) is -0.338. The fourth-order valence-corrected chi connectivity index (χ4v) is 3.41. The minimum Gasteiger partial charge on any atom is -0.508 e. The Hall–Kier alpha value is -1.66. The zero-order valence-electron chi connectivity index (χ0n) is 10.9. The van der Waals surface area contributed by atoms with Crippen LogP contribution in [0.25, 0.3) is 0 Å². The number of aromatic hydroxyl groups is 1. The first-order valence-corrected chi connectivity index (χ1v) is 7.28. The summed E-state index contributed by atoms with van der Waals surface area (Å²) in [6.45, 7) is 0.414. The van der Waals surface area contributed by atoms with Gasteiger partial charge in [-0.2, -0.15) is 0 Å². The minimum absolute atomic E-state index is 0.0588. The van der Waals surface area contributed by atoms with Crippen molar-refractivity contribution in [3.63, 3.8) is 0 Å². The van der Waals surface area contributed by atoms with Crippen LogP contribution in [-0.4, -0.2) is 34.5 Å². The van der Waals surface area contributed by atoms with E-state index >= 15 is 0 Å². The Labute approximate surface area is 131 Å². The van der Waals surface area contributed by atoms with E-state index in [-0.39, 0.29) is 23.6 Å². The molecule has 2 saturated heterocycles. The number of nitrogens with zero attached hydrogens (tertiary/aromatic N) is 1. The second-order valence-electron chi connectivity index (χ2n) is 5.14. The molecule has 3 amide bonds. The van der Waals surface area contributed by atoms with Crippen molar-refractivity contribution in [2.75, 3.05) is 6.54 Å². The van der Waals surface area contributed by atoms with Gasteiger partial charge in [-0.05, 0) is 30.9 Å². The Morgan fingerprint density at radius 1 is 1.24 bits per heavy atom. The number of halogens is 2. The quantitative estimate of drug-likeness (QED) is 0.737. The van der Waals surface area contributed by atoms with Crippen molar-refractivity contribution >= 4 is 35.1 Å². The molecule has 0 aromatic heterocycles. The van der Waals surface area contributed by atoms with Crippen LogP contribution in [0.15, 0.2) is 12.1 Å². The lowest BCUT2D eigenvalue weighted by Gasteiger charge is -2.41. The summed E-state index contributed by atoms with van der Waals surface area (Å²) in [4.78, 5) is 25.1. The first-order chi connectivity index (χ1) is 9.99. The van der Waals surface area contributed by atoms with Crippen LogP contribution in [0.3, 0.4) is 0 Å². The summed E-state index contributed by atoms with van der Waals surface area (Å²) in [5, 5.41) is 10.7. The van der Waals surface area contributed by atoms with Crippen molar-refractivity contribution < 1.29 is 14.7 Å². The minimum atomic E-state index is -0.563. The molecule has 0 unspecified atom stereocenters. The van der Waals surface area contributed by atoms with Gasteiger partial charge in [-0.25, -0.2) is 10.2 Å². The number of piperidine rings is 1. The molecule has 3 rings (SSSR count). The molecule has 0 spiro atoms. The Bertz CT molecular complexity index is 623. The molecule has 2 atom stereocenters. The monoisotopic (exact) mass is 329 g/mol. The molecule has 6 nitrogen and oxygen atoms in total.